The highest BCUT2D eigenvalue weighted by Crippen LogP contribution is 2.29. The zero-order valence-electron chi connectivity index (χ0n) is 14.4. The van der Waals surface area contributed by atoms with Crippen molar-refractivity contribution in [2.45, 2.75) is 32.7 Å². The van der Waals surface area contributed by atoms with Gasteiger partial charge in [0, 0.05) is 35.5 Å². The maximum Gasteiger partial charge on any atom is 0.249 e. The third-order valence-electron chi connectivity index (χ3n) is 4.31. The quantitative estimate of drug-likeness (QED) is 0.559. The SMILES string of the molecule is CC(C)c1noc([C@@H](C)n2ccnc2-c2ccnc3ccccc23)n1. The van der Waals surface area contributed by atoms with E-state index in [1.165, 1.54) is 0 Å². The summed E-state index contributed by atoms with van der Waals surface area (Å²) in [4.78, 5) is 13.5. The van der Waals surface area contributed by atoms with Gasteiger partial charge in [-0.2, -0.15) is 4.98 Å². The summed E-state index contributed by atoms with van der Waals surface area (Å²) in [6.07, 6.45) is 5.54. The zero-order chi connectivity index (χ0) is 17.4. The number of aromatic nitrogens is 5. The lowest BCUT2D eigenvalue weighted by atomic mass is 10.1. The van der Waals surface area contributed by atoms with E-state index in [1.807, 2.05) is 57.4 Å². The van der Waals surface area contributed by atoms with Crippen molar-refractivity contribution in [2.75, 3.05) is 0 Å². The summed E-state index contributed by atoms with van der Waals surface area (Å²) in [5.41, 5.74) is 1.98. The number of imidazole rings is 1. The lowest BCUT2D eigenvalue weighted by molar-refractivity contribution is 0.341. The highest BCUT2D eigenvalue weighted by molar-refractivity contribution is 5.92. The Labute approximate surface area is 145 Å². The Kier molecular flexibility index (Phi) is 3.80. The van der Waals surface area contributed by atoms with Crippen molar-refractivity contribution >= 4 is 10.9 Å². The molecule has 0 saturated heterocycles. The molecule has 0 aliphatic heterocycles. The van der Waals surface area contributed by atoms with Crippen LogP contribution in [0.4, 0.5) is 0 Å². The minimum atomic E-state index is -0.107. The molecule has 0 aliphatic rings. The van der Waals surface area contributed by atoms with Crippen LogP contribution in [-0.2, 0) is 0 Å². The lowest BCUT2D eigenvalue weighted by Gasteiger charge is -2.14. The van der Waals surface area contributed by atoms with Gasteiger partial charge in [0.1, 0.15) is 11.9 Å². The fourth-order valence-electron chi connectivity index (χ4n) is 2.90. The minimum absolute atomic E-state index is 0.107. The maximum absolute atomic E-state index is 5.47. The molecule has 0 amide bonds. The Morgan fingerprint density at radius 1 is 1.00 bits per heavy atom. The first kappa shape index (κ1) is 15.5. The molecule has 3 aromatic heterocycles. The van der Waals surface area contributed by atoms with Gasteiger partial charge in [-0.25, -0.2) is 4.98 Å². The molecule has 126 valence electrons. The standard InChI is InChI=1S/C19H19N5O/c1-12(2)17-22-19(25-23-17)13(3)24-11-10-21-18(24)15-8-9-20-16-7-5-4-6-14(15)16/h4-13H,1-3H3/t13-/m1/s1. The third kappa shape index (κ3) is 2.69. The highest BCUT2D eigenvalue weighted by Gasteiger charge is 2.21. The van der Waals surface area contributed by atoms with Crippen molar-refractivity contribution in [3.8, 4) is 11.4 Å². The number of pyridine rings is 1. The van der Waals surface area contributed by atoms with Gasteiger partial charge in [0.15, 0.2) is 5.82 Å². The van der Waals surface area contributed by atoms with E-state index in [0.717, 1.165) is 28.1 Å². The predicted molar refractivity (Wildman–Crippen MR) is 95.2 cm³/mol. The first-order valence-electron chi connectivity index (χ1n) is 8.35. The van der Waals surface area contributed by atoms with Gasteiger partial charge in [-0.3, -0.25) is 4.98 Å². The van der Waals surface area contributed by atoms with E-state index < -0.39 is 0 Å². The molecule has 3 heterocycles. The molecule has 0 radical (unpaired) electrons. The number of fused-ring (bicyclic) bond motifs is 1. The van der Waals surface area contributed by atoms with Gasteiger partial charge < -0.3 is 9.09 Å². The molecule has 1 aromatic carbocycles. The van der Waals surface area contributed by atoms with Gasteiger partial charge in [0.2, 0.25) is 5.89 Å². The fraction of sp³-hybridized carbons (Fsp3) is 0.263. The summed E-state index contributed by atoms with van der Waals surface area (Å²) in [5, 5.41) is 5.14. The summed E-state index contributed by atoms with van der Waals surface area (Å²) in [7, 11) is 0. The normalized spacial score (nSPS) is 12.8. The molecule has 6 heteroatoms. The van der Waals surface area contributed by atoms with Crippen LogP contribution >= 0.6 is 0 Å². The largest absolute Gasteiger partial charge is 0.337 e. The molecular formula is C19H19N5O. The van der Waals surface area contributed by atoms with Crippen LogP contribution in [0.1, 0.15) is 44.4 Å². The second kappa shape index (κ2) is 6.12. The third-order valence-corrected chi connectivity index (χ3v) is 4.31. The van der Waals surface area contributed by atoms with Crippen LogP contribution in [0.2, 0.25) is 0 Å². The summed E-state index contributed by atoms with van der Waals surface area (Å²) in [5.74, 6) is 2.39. The van der Waals surface area contributed by atoms with Crippen molar-refractivity contribution in [3.05, 3.63) is 60.6 Å². The monoisotopic (exact) mass is 333 g/mol. The van der Waals surface area contributed by atoms with Gasteiger partial charge in [0.25, 0.3) is 0 Å². The van der Waals surface area contributed by atoms with Crippen molar-refractivity contribution in [1.82, 2.24) is 24.7 Å². The van der Waals surface area contributed by atoms with Crippen LogP contribution in [0.5, 0.6) is 0 Å². The first-order valence-corrected chi connectivity index (χ1v) is 8.35. The maximum atomic E-state index is 5.47. The minimum Gasteiger partial charge on any atom is -0.337 e. The van der Waals surface area contributed by atoms with Crippen molar-refractivity contribution in [1.29, 1.82) is 0 Å². The van der Waals surface area contributed by atoms with Crippen LogP contribution in [-0.4, -0.2) is 24.7 Å². The Bertz CT molecular complexity index is 1010. The van der Waals surface area contributed by atoms with Crippen molar-refractivity contribution in [3.63, 3.8) is 0 Å². The summed E-state index contributed by atoms with van der Waals surface area (Å²) < 4.78 is 7.52. The highest BCUT2D eigenvalue weighted by atomic mass is 16.5. The van der Waals surface area contributed by atoms with E-state index in [2.05, 4.69) is 30.7 Å². The number of nitrogens with zero attached hydrogens (tertiary/aromatic N) is 5. The van der Waals surface area contributed by atoms with Gasteiger partial charge in [-0.05, 0) is 19.1 Å². The van der Waals surface area contributed by atoms with Gasteiger partial charge in [-0.1, -0.05) is 37.2 Å². The van der Waals surface area contributed by atoms with Crippen LogP contribution in [0.3, 0.4) is 0 Å². The van der Waals surface area contributed by atoms with Crippen LogP contribution in [0.25, 0.3) is 22.3 Å². The van der Waals surface area contributed by atoms with E-state index in [0.29, 0.717) is 5.89 Å². The Morgan fingerprint density at radius 2 is 1.84 bits per heavy atom. The summed E-state index contributed by atoms with van der Waals surface area (Å²) in [6.45, 7) is 6.13. The Balaban J connectivity index is 1.79. The summed E-state index contributed by atoms with van der Waals surface area (Å²) >= 11 is 0. The van der Waals surface area contributed by atoms with Crippen LogP contribution in [0.15, 0.2) is 53.4 Å². The van der Waals surface area contributed by atoms with Crippen LogP contribution in [0, 0.1) is 0 Å². The molecule has 1 atom stereocenters. The molecular weight excluding hydrogens is 314 g/mol. The second-order valence-electron chi connectivity index (χ2n) is 6.36. The molecule has 4 aromatic rings. The predicted octanol–water partition coefficient (Wildman–Crippen LogP) is 4.21. The van der Waals surface area contributed by atoms with Crippen molar-refractivity contribution in [2.24, 2.45) is 0 Å². The molecule has 0 aliphatic carbocycles. The van der Waals surface area contributed by atoms with E-state index in [4.69, 9.17) is 4.52 Å². The molecule has 0 saturated carbocycles. The fourth-order valence-corrected chi connectivity index (χ4v) is 2.90. The molecule has 4 rings (SSSR count). The number of hydrogen-bond donors (Lipinski definition) is 0. The topological polar surface area (TPSA) is 69.6 Å². The molecule has 0 unspecified atom stereocenters. The lowest BCUT2D eigenvalue weighted by Crippen LogP contribution is -2.08. The molecule has 0 N–H and O–H groups in total. The number of benzene rings is 1. The average Bonchev–Trinajstić information content (AvgIpc) is 3.30. The second-order valence-corrected chi connectivity index (χ2v) is 6.36. The number of rotatable bonds is 4. The van der Waals surface area contributed by atoms with E-state index in [9.17, 15) is 0 Å². The van der Waals surface area contributed by atoms with E-state index in [1.54, 1.807) is 6.20 Å². The molecule has 6 nitrogen and oxygen atoms in total. The van der Waals surface area contributed by atoms with E-state index >= 15 is 0 Å². The Morgan fingerprint density at radius 3 is 2.64 bits per heavy atom. The molecule has 0 spiro atoms. The molecule has 25 heavy (non-hydrogen) atoms. The van der Waals surface area contributed by atoms with Gasteiger partial charge >= 0.3 is 0 Å². The van der Waals surface area contributed by atoms with Crippen LogP contribution < -0.4 is 0 Å². The smallest absolute Gasteiger partial charge is 0.249 e. The molecule has 0 fully saturated rings. The van der Waals surface area contributed by atoms with Gasteiger partial charge in [-0.15, -0.1) is 0 Å². The number of hydrogen-bond acceptors (Lipinski definition) is 5. The zero-order valence-corrected chi connectivity index (χ0v) is 14.4. The van der Waals surface area contributed by atoms with E-state index in [-0.39, 0.29) is 12.0 Å². The van der Waals surface area contributed by atoms with Crippen molar-refractivity contribution < 1.29 is 4.52 Å². The Hall–Kier alpha value is -3.02. The first-order chi connectivity index (χ1) is 12.1. The van der Waals surface area contributed by atoms with Gasteiger partial charge in [0.05, 0.1) is 5.52 Å². The average molecular weight is 333 g/mol. The summed E-state index contributed by atoms with van der Waals surface area (Å²) in [6, 6.07) is 9.94. The number of para-hydroxylation sites is 1. The molecule has 0 bridgehead atoms.